The Morgan fingerprint density at radius 2 is 1.95 bits per heavy atom. The van der Waals surface area contributed by atoms with Crippen molar-refractivity contribution in [3.05, 3.63) is 46.1 Å². The van der Waals surface area contributed by atoms with Gasteiger partial charge in [0.15, 0.2) is 0 Å². The zero-order valence-corrected chi connectivity index (χ0v) is 13.0. The van der Waals surface area contributed by atoms with E-state index in [1.54, 1.807) is 18.3 Å². The van der Waals surface area contributed by atoms with Crippen molar-refractivity contribution in [3.8, 4) is 6.07 Å². The molecule has 0 amide bonds. The van der Waals surface area contributed by atoms with E-state index in [2.05, 4.69) is 31.9 Å². The third-order valence-electron chi connectivity index (χ3n) is 3.42. The van der Waals surface area contributed by atoms with Crippen molar-refractivity contribution in [1.82, 2.24) is 0 Å². The van der Waals surface area contributed by atoms with Gasteiger partial charge in [-0.3, -0.25) is 4.99 Å². The number of rotatable bonds is 3. The van der Waals surface area contributed by atoms with E-state index in [1.165, 1.54) is 12.8 Å². The van der Waals surface area contributed by atoms with Crippen LogP contribution in [0.2, 0.25) is 0 Å². The summed E-state index contributed by atoms with van der Waals surface area (Å²) in [7, 11) is 0. The quantitative estimate of drug-likeness (QED) is 0.782. The lowest BCUT2D eigenvalue weighted by molar-refractivity contribution is 0.549. The number of hydrogen-bond donors (Lipinski definition) is 0. The molecule has 1 aliphatic heterocycles. The van der Waals surface area contributed by atoms with E-state index in [1.807, 2.05) is 18.2 Å². The second-order valence-corrected chi connectivity index (χ2v) is 5.77. The van der Waals surface area contributed by atoms with E-state index < -0.39 is 0 Å². The summed E-state index contributed by atoms with van der Waals surface area (Å²) in [5.41, 5.74) is 1.43. The molecule has 0 aliphatic carbocycles. The van der Waals surface area contributed by atoms with Crippen LogP contribution in [-0.4, -0.2) is 19.3 Å². The average molecular weight is 344 g/mol. The van der Waals surface area contributed by atoms with Gasteiger partial charge < -0.3 is 9.32 Å². The van der Waals surface area contributed by atoms with Crippen molar-refractivity contribution in [2.75, 3.05) is 18.0 Å². The maximum absolute atomic E-state index is 8.76. The van der Waals surface area contributed by atoms with E-state index in [-0.39, 0.29) is 0 Å². The molecule has 1 fully saturated rings. The monoisotopic (exact) mass is 343 g/mol. The molecule has 1 aromatic heterocycles. The van der Waals surface area contributed by atoms with Crippen LogP contribution in [0.15, 0.2) is 44.2 Å². The van der Waals surface area contributed by atoms with Gasteiger partial charge in [0.2, 0.25) is 5.88 Å². The highest BCUT2D eigenvalue weighted by Crippen LogP contribution is 2.32. The number of benzene rings is 1. The first-order chi connectivity index (χ1) is 10.3. The summed E-state index contributed by atoms with van der Waals surface area (Å²) in [5, 5.41) is 8.76. The van der Waals surface area contributed by atoms with Gasteiger partial charge in [0, 0.05) is 19.2 Å². The number of aliphatic imine (C=N–C) groups is 1. The molecule has 1 aromatic carbocycles. The van der Waals surface area contributed by atoms with Crippen LogP contribution < -0.4 is 4.90 Å². The summed E-state index contributed by atoms with van der Waals surface area (Å²) in [6.45, 7) is 2.08. The maximum Gasteiger partial charge on any atom is 0.210 e. The molecule has 0 radical (unpaired) electrons. The van der Waals surface area contributed by atoms with Gasteiger partial charge in [-0.15, -0.1) is 0 Å². The topological polar surface area (TPSA) is 52.5 Å². The smallest absolute Gasteiger partial charge is 0.210 e. The summed E-state index contributed by atoms with van der Waals surface area (Å²) < 4.78 is 6.81. The van der Waals surface area contributed by atoms with Crippen molar-refractivity contribution >= 4 is 33.7 Å². The molecule has 2 heterocycles. The maximum atomic E-state index is 8.76. The third-order valence-corrected chi connectivity index (χ3v) is 3.99. The summed E-state index contributed by atoms with van der Waals surface area (Å²) in [5.74, 6) is 1.60. The zero-order chi connectivity index (χ0) is 14.7. The van der Waals surface area contributed by atoms with Gasteiger partial charge in [-0.25, -0.2) is 0 Å². The van der Waals surface area contributed by atoms with Crippen molar-refractivity contribution in [3.63, 3.8) is 0 Å². The first-order valence-corrected chi connectivity index (χ1v) is 7.64. The number of nitriles is 1. The lowest BCUT2D eigenvalue weighted by Crippen LogP contribution is -2.17. The minimum Gasteiger partial charge on any atom is -0.438 e. The molecule has 2 aromatic rings. The van der Waals surface area contributed by atoms with Crippen LogP contribution in [0.4, 0.5) is 11.6 Å². The van der Waals surface area contributed by atoms with Crippen molar-refractivity contribution in [1.29, 1.82) is 5.26 Å². The third kappa shape index (κ3) is 3.17. The molecule has 3 rings (SSSR count). The van der Waals surface area contributed by atoms with Crippen LogP contribution in [-0.2, 0) is 0 Å². The van der Waals surface area contributed by atoms with E-state index in [9.17, 15) is 0 Å². The fourth-order valence-corrected chi connectivity index (χ4v) is 2.89. The molecule has 0 saturated carbocycles. The molecular weight excluding hydrogens is 330 g/mol. The second-order valence-electron chi connectivity index (χ2n) is 4.91. The molecule has 1 aliphatic rings. The molecule has 5 heteroatoms. The zero-order valence-electron chi connectivity index (χ0n) is 11.4. The Bertz CT molecular complexity index is 691. The first kappa shape index (κ1) is 13.9. The molecule has 1 saturated heterocycles. The minimum atomic E-state index is 0.631. The highest BCUT2D eigenvalue weighted by atomic mass is 79.9. The Labute approximate surface area is 131 Å². The van der Waals surface area contributed by atoms with Gasteiger partial charge in [0.25, 0.3) is 0 Å². The van der Waals surface area contributed by atoms with E-state index >= 15 is 0 Å². The largest absolute Gasteiger partial charge is 0.438 e. The predicted molar refractivity (Wildman–Crippen MR) is 86.3 cm³/mol. The molecule has 106 valence electrons. The van der Waals surface area contributed by atoms with E-state index in [0.29, 0.717) is 11.3 Å². The summed E-state index contributed by atoms with van der Waals surface area (Å²) in [6, 6.07) is 11.1. The van der Waals surface area contributed by atoms with Gasteiger partial charge in [-0.1, -0.05) is 0 Å². The van der Waals surface area contributed by atoms with Gasteiger partial charge in [0.05, 0.1) is 28.0 Å². The van der Waals surface area contributed by atoms with Crippen LogP contribution in [0.25, 0.3) is 0 Å². The minimum absolute atomic E-state index is 0.631. The van der Waals surface area contributed by atoms with Crippen molar-refractivity contribution in [2.24, 2.45) is 4.99 Å². The predicted octanol–water partition coefficient (Wildman–Crippen LogP) is 4.26. The summed E-state index contributed by atoms with van der Waals surface area (Å²) in [4.78, 5) is 6.60. The molecule has 0 atom stereocenters. The Balaban J connectivity index is 1.76. The number of furan rings is 1. The fourth-order valence-electron chi connectivity index (χ4n) is 2.34. The number of anilines is 1. The van der Waals surface area contributed by atoms with E-state index in [4.69, 9.17) is 9.68 Å². The Morgan fingerprint density at radius 1 is 1.24 bits per heavy atom. The standard InChI is InChI=1S/C16H14BrN3O/c17-15-9-14(21-16(15)20-7-1-2-8-20)11-19-13-5-3-12(10-18)4-6-13/h3-6,9,11H,1-2,7-8H2. The molecular formula is C16H14BrN3O. The SMILES string of the molecule is N#Cc1ccc(N=Cc2cc(Br)c(N3CCCC3)o2)cc1. The molecule has 0 unspecified atom stereocenters. The van der Waals surface area contributed by atoms with Gasteiger partial charge >= 0.3 is 0 Å². The lowest BCUT2D eigenvalue weighted by atomic mass is 10.2. The molecule has 4 nitrogen and oxygen atoms in total. The fraction of sp³-hybridized carbons (Fsp3) is 0.250. The second kappa shape index (κ2) is 6.15. The molecule has 21 heavy (non-hydrogen) atoms. The number of hydrogen-bond acceptors (Lipinski definition) is 4. The Hall–Kier alpha value is -2.06. The van der Waals surface area contributed by atoms with Crippen molar-refractivity contribution < 1.29 is 4.42 Å². The lowest BCUT2D eigenvalue weighted by Gasteiger charge is -2.13. The Morgan fingerprint density at radius 3 is 2.62 bits per heavy atom. The van der Waals surface area contributed by atoms with E-state index in [0.717, 1.165) is 29.1 Å². The first-order valence-electron chi connectivity index (χ1n) is 6.85. The van der Waals surface area contributed by atoms with Crippen LogP contribution in [0.5, 0.6) is 0 Å². The van der Waals surface area contributed by atoms with Crippen LogP contribution in [0.3, 0.4) is 0 Å². The highest BCUT2D eigenvalue weighted by molar-refractivity contribution is 9.10. The van der Waals surface area contributed by atoms with Gasteiger partial charge in [0.1, 0.15) is 5.76 Å². The number of nitrogens with zero attached hydrogens (tertiary/aromatic N) is 3. The molecule has 0 bridgehead atoms. The Kier molecular flexibility index (Phi) is 4.07. The highest BCUT2D eigenvalue weighted by Gasteiger charge is 2.19. The summed E-state index contributed by atoms with van der Waals surface area (Å²) in [6.07, 6.45) is 4.12. The van der Waals surface area contributed by atoms with Gasteiger partial charge in [-0.05, 0) is 53.0 Å². The van der Waals surface area contributed by atoms with Crippen LogP contribution in [0, 0.1) is 11.3 Å². The van der Waals surface area contributed by atoms with Crippen molar-refractivity contribution in [2.45, 2.75) is 12.8 Å². The van der Waals surface area contributed by atoms with Crippen LogP contribution >= 0.6 is 15.9 Å². The average Bonchev–Trinajstić information content (AvgIpc) is 3.15. The van der Waals surface area contributed by atoms with Gasteiger partial charge in [-0.2, -0.15) is 5.26 Å². The normalized spacial score (nSPS) is 14.8. The molecule has 0 spiro atoms. The number of halogens is 1. The molecule has 0 N–H and O–H groups in total. The summed E-state index contributed by atoms with van der Waals surface area (Å²) >= 11 is 3.54. The van der Waals surface area contributed by atoms with Crippen LogP contribution in [0.1, 0.15) is 24.2 Å².